The summed E-state index contributed by atoms with van der Waals surface area (Å²) in [4.78, 5) is 24.7. The second-order valence-corrected chi connectivity index (χ2v) is 12.0. The normalized spacial score (nSPS) is 15.8. The third-order valence-electron chi connectivity index (χ3n) is 6.75. The molecule has 0 radical (unpaired) electrons. The minimum Gasteiger partial charge on any atom is -0.492 e. The van der Waals surface area contributed by atoms with E-state index < -0.39 is 10.1 Å². The molecule has 2 aliphatic heterocycles. The van der Waals surface area contributed by atoms with Crippen LogP contribution in [0.4, 0.5) is 0 Å². The molecule has 0 unspecified atom stereocenters. The Bertz CT molecular complexity index is 1680. The summed E-state index contributed by atoms with van der Waals surface area (Å²) < 4.78 is 36.3. The third kappa shape index (κ3) is 7.61. The summed E-state index contributed by atoms with van der Waals surface area (Å²) >= 11 is 6.36. The molecule has 42 heavy (non-hydrogen) atoms. The average Bonchev–Trinajstić information content (AvgIpc) is 3.29. The number of ether oxygens (including phenoxy) is 1. The monoisotopic (exact) mass is 603 g/mol. The Morgan fingerprint density at radius 1 is 0.905 bits per heavy atom. The van der Waals surface area contributed by atoms with Crippen molar-refractivity contribution in [1.29, 1.82) is 0 Å². The molecule has 0 bridgehead atoms. The average molecular weight is 604 g/mol. The quantitative estimate of drug-likeness (QED) is 0.145. The van der Waals surface area contributed by atoms with E-state index in [1.807, 2.05) is 60.7 Å². The molecule has 0 saturated carbocycles. The molecular weight excluding hydrogens is 574 g/mol. The molecule has 0 spiro atoms. The Morgan fingerprint density at radius 3 is 2.36 bits per heavy atom. The van der Waals surface area contributed by atoms with Gasteiger partial charge in [-0.05, 0) is 42.2 Å². The zero-order chi connectivity index (χ0) is 29.5. The maximum Gasteiger partial charge on any atom is 0.282 e. The first-order valence-corrected chi connectivity index (χ1v) is 15.7. The highest BCUT2D eigenvalue weighted by Crippen LogP contribution is 2.31. The fourth-order valence-electron chi connectivity index (χ4n) is 4.66. The van der Waals surface area contributed by atoms with Gasteiger partial charge in [-0.15, -0.1) is 0 Å². The number of benzene rings is 3. The third-order valence-corrected chi connectivity index (χ3v) is 7.87. The first-order valence-electron chi connectivity index (χ1n) is 13.7. The van der Waals surface area contributed by atoms with Gasteiger partial charge in [0.1, 0.15) is 11.4 Å². The maximum atomic E-state index is 13.6. The molecule has 10 heteroatoms. The lowest BCUT2D eigenvalue weighted by Gasteiger charge is -2.21. The van der Waals surface area contributed by atoms with Crippen molar-refractivity contribution < 1.29 is 22.5 Å². The zero-order valence-corrected chi connectivity index (χ0v) is 24.4. The molecule has 0 aliphatic carbocycles. The van der Waals surface area contributed by atoms with E-state index in [1.165, 1.54) is 0 Å². The van der Waals surface area contributed by atoms with Crippen LogP contribution in [-0.4, -0.2) is 47.7 Å². The van der Waals surface area contributed by atoms with Crippen LogP contribution in [0.25, 0.3) is 11.8 Å². The molecule has 0 saturated heterocycles. The Balaban J connectivity index is 1.33. The van der Waals surface area contributed by atoms with E-state index in [9.17, 15) is 13.2 Å². The Labute approximate surface area is 250 Å². The summed E-state index contributed by atoms with van der Waals surface area (Å²) in [5, 5.41) is 0.442. The summed E-state index contributed by atoms with van der Waals surface area (Å²) in [6.07, 6.45) is 6.49. The van der Waals surface area contributed by atoms with Crippen LogP contribution in [0, 0.1) is 0 Å². The molecule has 5 rings (SSSR count). The van der Waals surface area contributed by atoms with Crippen molar-refractivity contribution in [2.75, 3.05) is 12.4 Å². The minimum absolute atomic E-state index is 0.236. The molecule has 2 aliphatic rings. The van der Waals surface area contributed by atoms with Crippen LogP contribution in [0.5, 0.6) is 5.75 Å². The second kappa shape index (κ2) is 13.3. The number of rotatable bonds is 12. The number of amidine groups is 1. The summed E-state index contributed by atoms with van der Waals surface area (Å²) in [6, 6.07) is 25.0. The Morgan fingerprint density at radius 2 is 1.62 bits per heavy atom. The molecule has 1 amide bonds. The summed E-state index contributed by atoms with van der Waals surface area (Å²) in [6.45, 7) is 0.396. The molecule has 1 N–H and O–H groups in total. The number of nitrogens with zero attached hydrogens (tertiary/aromatic N) is 3. The predicted octanol–water partition coefficient (Wildman–Crippen LogP) is 6.44. The maximum absolute atomic E-state index is 13.6. The highest BCUT2D eigenvalue weighted by atomic mass is 35.5. The molecule has 216 valence electrons. The van der Waals surface area contributed by atoms with Crippen molar-refractivity contribution in [2.45, 2.75) is 32.1 Å². The van der Waals surface area contributed by atoms with Crippen LogP contribution in [0.2, 0.25) is 5.02 Å². The SMILES string of the molecule is O=C1C(=Cc2ccc(Cl)c(OCCCCCCS(=O)(=O)O)c2)N=C2C(Cc3ccccc3)=NC(c3ccccc3)=CN12. The van der Waals surface area contributed by atoms with E-state index in [-0.39, 0.29) is 17.4 Å². The molecule has 2 heterocycles. The first-order chi connectivity index (χ1) is 20.3. The van der Waals surface area contributed by atoms with Crippen molar-refractivity contribution in [3.05, 3.63) is 112 Å². The van der Waals surface area contributed by atoms with Gasteiger partial charge in [-0.2, -0.15) is 8.42 Å². The molecular formula is C32H30ClN3O5S. The van der Waals surface area contributed by atoms with Crippen LogP contribution >= 0.6 is 11.6 Å². The van der Waals surface area contributed by atoms with E-state index in [2.05, 4.69) is 0 Å². The Hall–Kier alpha value is -4.05. The van der Waals surface area contributed by atoms with E-state index in [0.29, 0.717) is 65.9 Å². The van der Waals surface area contributed by atoms with Crippen LogP contribution < -0.4 is 4.74 Å². The number of aliphatic imine (C=N–C) groups is 2. The van der Waals surface area contributed by atoms with Gasteiger partial charge in [-0.25, -0.2) is 9.98 Å². The highest BCUT2D eigenvalue weighted by Gasteiger charge is 2.35. The van der Waals surface area contributed by atoms with Crippen molar-refractivity contribution in [3.63, 3.8) is 0 Å². The first kappa shape index (κ1) is 29.4. The van der Waals surface area contributed by atoms with Crippen LogP contribution in [0.3, 0.4) is 0 Å². The van der Waals surface area contributed by atoms with E-state index >= 15 is 0 Å². The van der Waals surface area contributed by atoms with Gasteiger partial charge in [0.05, 0.1) is 28.8 Å². The number of hydrogen-bond donors (Lipinski definition) is 1. The van der Waals surface area contributed by atoms with Gasteiger partial charge < -0.3 is 4.74 Å². The number of amides is 1. The van der Waals surface area contributed by atoms with E-state index in [1.54, 1.807) is 35.4 Å². The summed E-state index contributed by atoms with van der Waals surface area (Å²) in [7, 11) is -3.92. The molecule has 8 nitrogen and oxygen atoms in total. The van der Waals surface area contributed by atoms with Gasteiger partial charge in [-0.1, -0.05) is 91.2 Å². The summed E-state index contributed by atoms with van der Waals surface area (Å²) in [5.74, 6) is 0.507. The van der Waals surface area contributed by atoms with Crippen LogP contribution in [0.1, 0.15) is 42.4 Å². The van der Waals surface area contributed by atoms with E-state index in [4.69, 9.17) is 30.9 Å². The van der Waals surface area contributed by atoms with Gasteiger partial charge in [0.15, 0.2) is 5.84 Å². The van der Waals surface area contributed by atoms with Crippen LogP contribution in [0.15, 0.2) is 101 Å². The lowest BCUT2D eigenvalue weighted by Crippen LogP contribution is -2.36. The number of carbonyl (C=O) groups excluding carboxylic acids is 1. The van der Waals surface area contributed by atoms with Gasteiger partial charge in [0.25, 0.3) is 16.0 Å². The number of fused-ring (bicyclic) bond motifs is 1. The van der Waals surface area contributed by atoms with E-state index in [0.717, 1.165) is 17.5 Å². The van der Waals surface area contributed by atoms with Crippen molar-refractivity contribution in [1.82, 2.24) is 4.90 Å². The zero-order valence-electron chi connectivity index (χ0n) is 22.8. The van der Waals surface area contributed by atoms with Gasteiger partial charge in [0.2, 0.25) is 0 Å². The van der Waals surface area contributed by atoms with Gasteiger partial charge in [0, 0.05) is 18.2 Å². The standard InChI is InChI=1S/C32H30ClN3O5S/c33-26-16-15-24(21-30(26)41-17-9-1-2-10-18-42(38,39)40)20-28-32(37)36-22-29(25-13-7-4-8-14-25)34-27(31(36)35-28)19-23-11-5-3-6-12-23/h3-8,11-16,20-22H,1-2,9-10,17-19H2,(H,38,39,40). The predicted molar refractivity (Wildman–Crippen MR) is 166 cm³/mol. The smallest absolute Gasteiger partial charge is 0.282 e. The summed E-state index contributed by atoms with van der Waals surface area (Å²) in [5.41, 5.74) is 4.36. The Kier molecular flexibility index (Phi) is 9.31. The molecule has 3 aromatic carbocycles. The lowest BCUT2D eigenvalue weighted by atomic mass is 10.1. The highest BCUT2D eigenvalue weighted by molar-refractivity contribution is 7.85. The van der Waals surface area contributed by atoms with Crippen molar-refractivity contribution in [2.24, 2.45) is 9.98 Å². The van der Waals surface area contributed by atoms with Crippen molar-refractivity contribution >= 4 is 50.9 Å². The van der Waals surface area contributed by atoms with Gasteiger partial charge in [-0.3, -0.25) is 14.2 Å². The van der Waals surface area contributed by atoms with Crippen LogP contribution in [-0.2, 0) is 21.3 Å². The lowest BCUT2D eigenvalue weighted by molar-refractivity contribution is -0.120. The topological polar surface area (TPSA) is 109 Å². The number of carbonyl (C=O) groups is 1. The van der Waals surface area contributed by atoms with Crippen molar-refractivity contribution in [3.8, 4) is 5.75 Å². The molecule has 0 atom stereocenters. The largest absolute Gasteiger partial charge is 0.492 e. The minimum atomic E-state index is -3.92. The number of halogens is 1. The number of hydrogen-bond acceptors (Lipinski definition) is 6. The molecule has 3 aromatic rings. The number of unbranched alkanes of at least 4 members (excludes halogenated alkanes) is 3. The fourth-order valence-corrected chi connectivity index (χ4v) is 5.40. The fraction of sp³-hybridized carbons (Fsp3) is 0.219. The molecule has 0 aromatic heterocycles. The van der Waals surface area contributed by atoms with Gasteiger partial charge >= 0.3 is 0 Å². The second-order valence-electron chi connectivity index (χ2n) is 9.98. The molecule has 0 fully saturated rings.